The number of ether oxygens (including phenoxy) is 1. The van der Waals surface area contributed by atoms with Gasteiger partial charge in [-0.1, -0.05) is 29.3 Å². The van der Waals surface area contributed by atoms with Gasteiger partial charge in [-0.05, 0) is 64.3 Å². The lowest BCUT2D eigenvalue weighted by Crippen LogP contribution is -2.34. The van der Waals surface area contributed by atoms with Gasteiger partial charge in [0.1, 0.15) is 10.5 Å². The summed E-state index contributed by atoms with van der Waals surface area (Å²) in [6.07, 6.45) is 2.55. The van der Waals surface area contributed by atoms with Crippen LogP contribution in [-0.4, -0.2) is 38.3 Å². The number of hydrogen-bond acceptors (Lipinski definition) is 6. The fraction of sp³-hybridized carbons (Fsp3) is 0.435. The van der Waals surface area contributed by atoms with Crippen LogP contribution in [0, 0.1) is 0 Å². The van der Waals surface area contributed by atoms with Gasteiger partial charge in [-0.15, -0.1) is 0 Å². The zero-order chi connectivity index (χ0) is 25.1. The van der Waals surface area contributed by atoms with E-state index in [-0.39, 0.29) is 22.3 Å². The van der Waals surface area contributed by atoms with Gasteiger partial charge in [0, 0.05) is 29.4 Å². The van der Waals surface area contributed by atoms with Gasteiger partial charge in [-0.3, -0.25) is 4.72 Å². The van der Waals surface area contributed by atoms with E-state index < -0.39 is 32.4 Å². The van der Waals surface area contributed by atoms with Gasteiger partial charge in [0.05, 0.1) is 17.3 Å². The quantitative estimate of drug-likeness (QED) is 0.454. The van der Waals surface area contributed by atoms with Gasteiger partial charge >= 0.3 is 6.09 Å². The molecule has 11 heteroatoms. The van der Waals surface area contributed by atoms with Gasteiger partial charge in [0.2, 0.25) is 0 Å². The molecule has 0 saturated carbocycles. The molecule has 0 aromatic heterocycles. The number of nitrogens with one attached hydrogen (secondary N) is 2. The molecule has 3 N–H and O–H groups in total. The summed E-state index contributed by atoms with van der Waals surface area (Å²) in [5, 5.41) is 12.9. The summed E-state index contributed by atoms with van der Waals surface area (Å²) in [7, 11) is -4.26. The van der Waals surface area contributed by atoms with Crippen molar-refractivity contribution in [1.29, 1.82) is 0 Å². The Labute approximate surface area is 210 Å². The van der Waals surface area contributed by atoms with E-state index in [9.17, 15) is 18.3 Å². The Hall–Kier alpha value is -2.36. The molecule has 2 aromatic carbocycles. The maximum atomic E-state index is 13.2. The number of piperidine rings is 1. The third kappa shape index (κ3) is 6.61. The maximum Gasteiger partial charge on any atom is 0.407 e. The van der Waals surface area contributed by atoms with Gasteiger partial charge in [-0.25, -0.2) is 13.2 Å². The number of nitrogens with zero attached hydrogens (tertiary/aromatic N) is 1. The Morgan fingerprint density at radius 2 is 1.82 bits per heavy atom. The predicted molar refractivity (Wildman–Crippen MR) is 135 cm³/mol. The molecule has 1 aliphatic rings. The van der Waals surface area contributed by atoms with Gasteiger partial charge in [0.15, 0.2) is 5.75 Å². The average Bonchev–Trinajstić information content (AvgIpc) is 2.74. The van der Waals surface area contributed by atoms with Crippen molar-refractivity contribution >= 4 is 50.7 Å². The van der Waals surface area contributed by atoms with Gasteiger partial charge in [0.25, 0.3) is 10.0 Å². The zero-order valence-corrected chi connectivity index (χ0v) is 21.6. The fourth-order valence-electron chi connectivity index (χ4n) is 3.71. The van der Waals surface area contributed by atoms with Crippen molar-refractivity contribution in [3.63, 3.8) is 0 Å². The highest BCUT2D eigenvalue weighted by atomic mass is 35.5. The van der Waals surface area contributed by atoms with E-state index in [1.54, 1.807) is 32.9 Å². The normalized spacial score (nSPS) is 14.6. The monoisotopic (exact) mass is 529 g/mol. The van der Waals surface area contributed by atoms with E-state index in [1.165, 1.54) is 6.07 Å². The van der Waals surface area contributed by atoms with Crippen molar-refractivity contribution in [2.24, 2.45) is 0 Å². The number of amides is 1. The fourth-order valence-corrected chi connectivity index (χ4v) is 5.56. The highest BCUT2D eigenvalue weighted by molar-refractivity contribution is 7.92. The summed E-state index contributed by atoms with van der Waals surface area (Å²) >= 11 is 11.9. The summed E-state index contributed by atoms with van der Waals surface area (Å²) in [5.41, 5.74) is 0.968. The summed E-state index contributed by atoms with van der Waals surface area (Å²) < 4.78 is 34.2. The van der Waals surface area contributed by atoms with Crippen LogP contribution in [0.3, 0.4) is 0 Å². The number of sulfonamides is 1. The van der Waals surface area contributed by atoms with Crippen LogP contribution in [0.5, 0.6) is 5.75 Å². The second-order valence-corrected chi connectivity index (χ2v) is 11.5. The van der Waals surface area contributed by atoms with E-state index in [4.69, 9.17) is 27.9 Å². The van der Waals surface area contributed by atoms with Crippen molar-refractivity contribution in [1.82, 2.24) is 5.32 Å². The Morgan fingerprint density at radius 3 is 2.47 bits per heavy atom. The molecule has 3 rings (SSSR count). The van der Waals surface area contributed by atoms with Crippen molar-refractivity contribution in [2.45, 2.75) is 57.1 Å². The van der Waals surface area contributed by atoms with Crippen LogP contribution < -0.4 is 14.9 Å². The van der Waals surface area contributed by atoms with E-state index >= 15 is 0 Å². The number of phenolic OH excluding ortho intramolecular Hbond substituents is 1. The number of anilines is 2. The minimum Gasteiger partial charge on any atom is -0.505 e. The molecule has 34 heavy (non-hydrogen) atoms. The first-order valence-corrected chi connectivity index (χ1v) is 13.2. The van der Waals surface area contributed by atoms with Gasteiger partial charge in [-0.2, -0.15) is 0 Å². The third-order valence-corrected chi connectivity index (χ3v) is 7.07. The maximum absolute atomic E-state index is 13.2. The molecule has 0 spiro atoms. The summed E-state index contributed by atoms with van der Waals surface area (Å²) in [4.78, 5) is 14.0. The van der Waals surface area contributed by atoms with Crippen LogP contribution in [0.25, 0.3) is 0 Å². The molecule has 1 amide bonds. The number of benzene rings is 2. The molecule has 1 fully saturated rings. The Bertz CT molecular complexity index is 1160. The number of alkyl carbamates (subject to hydrolysis) is 1. The second kappa shape index (κ2) is 10.5. The number of carbonyl (C=O) groups is 1. The number of halogens is 2. The number of aromatic hydroxyl groups is 1. The molecule has 0 bridgehead atoms. The van der Waals surface area contributed by atoms with Crippen LogP contribution in [0.2, 0.25) is 10.0 Å². The van der Waals surface area contributed by atoms with Crippen LogP contribution in [0.1, 0.15) is 45.6 Å². The van der Waals surface area contributed by atoms with E-state index in [2.05, 4.69) is 14.9 Å². The molecule has 2 aromatic rings. The molecule has 0 radical (unpaired) electrons. The Balaban J connectivity index is 1.98. The molecular weight excluding hydrogens is 501 g/mol. The highest BCUT2D eigenvalue weighted by Crippen LogP contribution is 2.37. The highest BCUT2D eigenvalue weighted by Gasteiger charge is 2.25. The van der Waals surface area contributed by atoms with Crippen LogP contribution >= 0.6 is 23.2 Å². The minimum atomic E-state index is -4.26. The molecule has 1 aliphatic heterocycles. The lowest BCUT2D eigenvalue weighted by Gasteiger charge is -2.31. The SMILES string of the molecule is CC(C)(C)OC(=O)NCc1c(NS(=O)(=O)c2cc(Cl)cc(Cl)c2O)cccc1N1CCCCC1. The van der Waals surface area contributed by atoms with Gasteiger partial charge < -0.3 is 20.1 Å². The Morgan fingerprint density at radius 1 is 1.15 bits per heavy atom. The number of hydrogen-bond donors (Lipinski definition) is 3. The molecular formula is C23H29Cl2N3O5S. The zero-order valence-electron chi connectivity index (χ0n) is 19.3. The summed E-state index contributed by atoms with van der Waals surface area (Å²) in [6.45, 7) is 6.95. The topological polar surface area (TPSA) is 108 Å². The number of rotatable bonds is 6. The van der Waals surface area contributed by atoms with Crippen molar-refractivity contribution in [3.8, 4) is 5.75 Å². The molecule has 1 saturated heterocycles. The number of phenols is 1. The standard InChI is InChI=1S/C23H29Cl2N3O5S/c1-23(2,3)33-22(30)26-14-16-18(8-7-9-19(16)28-10-5-4-6-11-28)27-34(31,32)20-13-15(24)12-17(25)21(20)29/h7-9,12-13,27,29H,4-6,10-11,14H2,1-3H3,(H,26,30). The molecule has 0 aliphatic carbocycles. The van der Waals surface area contributed by atoms with Crippen molar-refractivity contribution in [3.05, 3.63) is 45.9 Å². The first-order valence-electron chi connectivity index (χ1n) is 10.9. The molecule has 1 heterocycles. The lowest BCUT2D eigenvalue weighted by molar-refractivity contribution is 0.0523. The van der Waals surface area contributed by atoms with Crippen LogP contribution in [0.15, 0.2) is 35.2 Å². The average molecular weight is 530 g/mol. The molecule has 0 atom stereocenters. The molecule has 186 valence electrons. The van der Waals surface area contributed by atoms with Crippen molar-refractivity contribution in [2.75, 3.05) is 22.7 Å². The van der Waals surface area contributed by atoms with E-state index in [0.717, 1.165) is 44.1 Å². The molecule has 8 nitrogen and oxygen atoms in total. The predicted octanol–water partition coefficient (Wildman–Crippen LogP) is 5.51. The smallest absolute Gasteiger partial charge is 0.407 e. The summed E-state index contributed by atoms with van der Waals surface area (Å²) in [6, 6.07) is 7.61. The van der Waals surface area contributed by atoms with E-state index in [0.29, 0.717) is 5.56 Å². The van der Waals surface area contributed by atoms with E-state index in [1.807, 2.05) is 6.07 Å². The second-order valence-electron chi connectivity index (χ2n) is 9.05. The Kier molecular flexibility index (Phi) is 8.10. The number of carbonyl (C=O) groups excluding carboxylic acids is 1. The van der Waals surface area contributed by atoms with Crippen molar-refractivity contribution < 1.29 is 23.1 Å². The molecule has 0 unspecified atom stereocenters. The van der Waals surface area contributed by atoms with Crippen LogP contribution in [0.4, 0.5) is 16.2 Å². The largest absolute Gasteiger partial charge is 0.505 e. The minimum absolute atomic E-state index is 0.0295. The lowest BCUT2D eigenvalue weighted by atomic mass is 10.1. The first kappa shape index (κ1) is 26.2. The van der Waals surface area contributed by atoms with Crippen LogP contribution in [-0.2, 0) is 21.3 Å². The summed E-state index contributed by atoms with van der Waals surface area (Å²) in [5.74, 6) is -0.598. The first-order chi connectivity index (χ1) is 15.9. The third-order valence-electron chi connectivity index (χ3n) is 5.18.